The molecule has 1 amide bonds. The van der Waals surface area contributed by atoms with Gasteiger partial charge in [0.05, 0.1) is 6.04 Å². The van der Waals surface area contributed by atoms with Crippen molar-refractivity contribution in [1.82, 2.24) is 14.5 Å². The zero-order valence-corrected chi connectivity index (χ0v) is 20.9. The SMILES string of the molecule is CC[C@H](C)NS(=O)(=O)c1cc(NC(=O)C2CCC2)ccc1Oc1c(C)c(C(=O)O)nn1C(C)C. The highest BCUT2D eigenvalue weighted by molar-refractivity contribution is 7.89. The van der Waals surface area contributed by atoms with Crippen molar-refractivity contribution in [1.29, 1.82) is 0 Å². The number of benzene rings is 1. The lowest BCUT2D eigenvalue weighted by Crippen LogP contribution is -2.32. The predicted molar refractivity (Wildman–Crippen MR) is 127 cm³/mol. The lowest BCUT2D eigenvalue weighted by Gasteiger charge is -2.24. The summed E-state index contributed by atoms with van der Waals surface area (Å²) in [6.45, 7) is 8.79. The number of carbonyl (C=O) groups is 2. The molecule has 1 saturated carbocycles. The molecule has 0 unspecified atom stereocenters. The molecule has 1 aliphatic rings. The molecular weight excluding hydrogens is 460 g/mol. The van der Waals surface area contributed by atoms with Gasteiger partial charge in [-0.1, -0.05) is 13.3 Å². The smallest absolute Gasteiger partial charge is 0.356 e. The van der Waals surface area contributed by atoms with Gasteiger partial charge in [-0.2, -0.15) is 5.10 Å². The van der Waals surface area contributed by atoms with Crippen LogP contribution in [-0.4, -0.2) is 41.2 Å². The van der Waals surface area contributed by atoms with Crippen LogP contribution in [0, 0.1) is 12.8 Å². The molecule has 1 atom stereocenters. The fraction of sp³-hybridized carbons (Fsp3) is 0.522. The molecule has 1 aromatic heterocycles. The molecule has 1 heterocycles. The van der Waals surface area contributed by atoms with Crippen LogP contribution in [0.2, 0.25) is 0 Å². The first-order valence-electron chi connectivity index (χ1n) is 11.4. The molecule has 10 nitrogen and oxygen atoms in total. The van der Waals surface area contributed by atoms with Crippen LogP contribution in [0.15, 0.2) is 23.1 Å². The van der Waals surface area contributed by atoms with E-state index in [-0.39, 0.29) is 51.7 Å². The minimum atomic E-state index is -4.02. The summed E-state index contributed by atoms with van der Waals surface area (Å²) in [6, 6.07) is 3.82. The molecule has 0 saturated heterocycles. The average Bonchev–Trinajstić information content (AvgIpc) is 3.04. The number of anilines is 1. The van der Waals surface area contributed by atoms with Crippen LogP contribution in [0.4, 0.5) is 5.69 Å². The van der Waals surface area contributed by atoms with E-state index in [1.807, 2.05) is 20.8 Å². The molecule has 3 N–H and O–H groups in total. The topological polar surface area (TPSA) is 140 Å². The van der Waals surface area contributed by atoms with Gasteiger partial charge in [0.25, 0.3) is 0 Å². The third-order valence-corrected chi connectivity index (χ3v) is 7.55. The number of hydrogen-bond acceptors (Lipinski definition) is 6. The second-order valence-electron chi connectivity index (χ2n) is 8.93. The van der Waals surface area contributed by atoms with Crippen molar-refractivity contribution in [2.45, 2.75) is 77.3 Å². The standard InChI is InChI=1S/C23H32N4O6S/c1-6-14(4)26-34(31,32)19-12-17(24-21(28)16-8-7-9-16)10-11-18(19)33-22-15(5)20(23(29)30)25-27(22)13(2)3/h10-14,16,26H,6-9H2,1-5H3,(H,24,28)(H,29,30)/t14-/m0/s1. The molecule has 1 aromatic carbocycles. The Bertz CT molecular complexity index is 1180. The summed E-state index contributed by atoms with van der Waals surface area (Å²) in [7, 11) is -4.02. The van der Waals surface area contributed by atoms with Gasteiger partial charge in [0.1, 0.15) is 10.6 Å². The van der Waals surface area contributed by atoms with Crippen molar-refractivity contribution >= 4 is 27.6 Å². The van der Waals surface area contributed by atoms with Gasteiger partial charge in [-0.15, -0.1) is 0 Å². The van der Waals surface area contributed by atoms with Crippen molar-refractivity contribution in [2.24, 2.45) is 5.92 Å². The van der Waals surface area contributed by atoms with Crippen LogP contribution in [0.25, 0.3) is 0 Å². The van der Waals surface area contributed by atoms with E-state index in [1.165, 1.54) is 16.8 Å². The van der Waals surface area contributed by atoms with Crippen molar-refractivity contribution in [3.8, 4) is 11.6 Å². The first-order valence-corrected chi connectivity index (χ1v) is 12.9. The van der Waals surface area contributed by atoms with Crippen LogP contribution in [0.3, 0.4) is 0 Å². The lowest BCUT2D eigenvalue weighted by molar-refractivity contribution is -0.122. The van der Waals surface area contributed by atoms with Gasteiger partial charge < -0.3 is 15.2 Å². The lowest BCUT2D eigenvalue weighted by atomic mass is 9.85. The van der Waals surface area contributed by atoms with Crippen LogP contribution in [0.5, 0.6) is 11.6 Å². The van der Waals surface area contributed by atoms with Crippen molar-refractivity contribution in [3.05, 3.63) is 29.5 Å². The number of nitrogens with one attached hydrogen (secondary N) is 2. The quantitative estimate of drug-likeness (QED) is 0.454. The van der Waals surface area contributed by atoms with Crippen molar-refractivity contribution < 1.29 is 27.9 Å². The monoisotopic (exact) mass is 492 g/mol. The van der Waals surface area contributed by atoms with Gasteiger partial charge in [-0.25, -0.2) is 22.6 Å². The van der Waals surface area contributed by atoms with Crippen molar-refractivity contribution in [3.63, 3.8) is 0 Å². The second-order valence-corrected chi connectivity index (χ2v) is 10.6. The number of ether oxygens (including phenoxy) is 1. The van der Waals surface area contributed by atoms with E-state index in [4.69, 9.17) is 4.74 Å². The first kappa shape index (κ1) is 25.7. The molecule has 1 aliphatic carbocycles. The largest absolute Gasteiger partial charge is 0.476 e. The Kier molecular flexibility index (Phi) is 7.67. The molecule has 1 fully saturated rings. The zero-order chi connectivity index (χ0) is 25.2. The van der Waals surface area contributed by atoms with Crippen LogP contribution in [0.1, 0.15) is 75.5 Å². The number of carboxylic acid groups (broad SMARTS) is 1. The maximum absolute atomic E-state index is 13.2. The molecule has 186 valence electrons. The van der Waals surface area contributed by atoms with Gasteiger partial charge in [-0.3, -0.25) is 4.79 Å². The third kappa shape index (κ3) is 5.41. The molecule has 0 radical (unpaired) electrons. The summed E-state index contributed by atoms with van der Waals surface area (Å²) >= 11 is 0. The second kappa shape index (κ2) is 10.1. The Hall–Kier alpha value is -2.92. The predicted octanol–water partition coefficient (Wildman–Crippen LogP) is 4.08. The van der Waals surface area contributed by atoms with E-state index in [1.54, 1.807) is 19.9 Å². The number of carboxylic acids is 1. The van der Waals surface area contributed by atoms with Gasteiger partial charge in [0.15, 0.2) is 5.69 Å². The maximum Gasteiger partial charge on any atom is 0.356 e. The number of amides is 1. The minimum Gasteiger partial charge on any atom is -0.476 e. The fourth-order valence-electron chi connectivity index (χ4n) is 3.49. The van der Waals surface area contributed by atoms with E-state index in [9.17, 15) is 23.1 Å². The summed E-state index contributed by atoms with van der Waals surface area (Å²) in [4.78, 5) is 23.8. The first-order chi connectivity index (χ1) is 15.9. The molecule has 0 bridgehead atoms. The van der Waals surface area contributed by atoms with E-state index in [2.05, 4.69) is 15.1 Å². The van der Waals surface area contributed by atoms with E-state index >= 15 is 0 Å². The number of rotatable bonds is 10. The Morgan fingerprint density at radius 1 is 1.26 bits per heavy atom. The minimum absolute atomic E-state index is 0.000662. The summed E-state index contributed by atoms with van der Waals surface area (Å²) in [5.74, 6) is -1.27. The van der Waals surface area contributed by atoms with Gasteiger partial charge in [0, 0.05) is 23.2 Å². The number of carbonyl (C=O) groups excluding carboxylic acids is 1. The van der Waals surface area contributed by atoms with E-state index < -0.39 is 16.0 Å². The summed E-state index contributed by atoms with van der Waals surface area (Å²) in [5.41, 5.74) is 0.450. The van der Waals surface area contributed by atoms with Gasteiger partial charge >= 0.3 is 5.97 Å². The average molecular weight is 493 g/mol. The Morgan fingerprint density at radius 2 is 1.94 bits per heavy atom. The fourth-order valence-corrected chi connectivity index (χ4v) is 4.97. The van der Waals surface area contributed by atoms with Crippen LogP contribution in [-0.2, 0) is 14.8 Å². The summed E-state index contributed by atoms with van der Waals surface area (Å²) < 4.78 is 36.5. The molecule has 0 spiro atoms. The maximum atomic E-state index is 13.2. The normalized spacial score (nSPS) is 15.1. The number of hydrogen-bond donors (Lipinski definition) is 3. The highest BCUT2D eigenvalue weighted by Crippen LogP contribution is 2.36. The number of aromatic carboxylic acids is 1. The van der Waals surface area contributed by atoms with E-state index in [0.29, 0.717) is 12.1 Å². The van der Waals surface area contributed by atoms with Gasteiger partial charge in [-0.05, 0) is 65.2 Å². The number of aromatic nitrogens is 2. The van der Waals surface area contributed by atoms with E-state index in [0.717, 1.165) is 19.3 Å². The summed E-state index contributed by atoms with van der Waals surface area (Å²) in [6.07, 6.45) is 3.22. The Morgan fingerprint density at radius 3 is 2.47 bits per heavy atom. The molecule has 2 aromatic rings. The highest BCUT2D eigenvalue weighted by Gasteiger charge is 2.29. The molecule has 34 heavy (non-hydrogen) atoms. The molecular formula is C23H32N4O6S. The Labute approximate surface area is 199 Å². The van der Waals surface area contributed by atoms with Crippen LogP contribution < -0.4 is 14.8 Å². The molecule has 11 heteroatoms. The summed E-state index contributed by atoms with van der Waals surface area (Å²) in [5, 5.41) is 16.4. The number of sulfonamides is 1. The van der Waals surface area contributed by atoms with Crippen LogP contribution >= 0.6 is 0 Å². The van der Waals surface area contributed by atoms with Crippen molar-refractivity contribution in [2.75, 3.05) is 5.32 Å². The third-order valence-electron chi connectivity index (χ3n) is 5.94. The Balaban J connectivity index is 2.06. The van der Waals surface area contributed by atoms with Gasteiger partial charge in [0.2, 0.25) is 21.8 Å². The number of nitrogens with zero attached hydrogens (tertiary/aromatic N) is 2. The highest BCUT2D eigenvalue weighted by atomic mass is 32.2. The molecule has 3 rings (SSSR count). The zero-order valence-electron chi connectivity index (χ0n) is 20.1. The molecule has 0 aliphatic heterocycles.